The number of rotatable bonds is 5. The fourth-order valence-electron chi connectivity index (χ4n) is 2.52. The Kier molecular flexibility index (Phi) is 5.88. The van der Waals surface area contributed by atoms with Crippen molar-refractivity contribution in [1.29, 1.82) is 0 Å². The van der Waals surface area contributed by atoms with Crippen molar-refractivity contribution in [2.45, 2.75) is 26.7 Å². The summed E-state index contributed by atoms with van der Waals surface area (Å²) in [7, 11) is 0. The number of nitrogens with one attached hydrogen (secondary N) is 1. The Hall–Kier alpha value is -1.26. The van der Waals surface area contributed by atoms with E-state index in [-0.39, 0.29) is 11.8 Å². The molecule has 0 atom stereocenters. The van der Waals surface area contributed by atoms with Crippen molar-refractivity contribution >= 4 is 28.9 Å². The predicted octanol–water partition coefficient (Wildman–Crippen LogP) is 3.55. The summed E-state index contributed by atoms with van der Waals surface area (Å²) in [5.74, 6) is 0.0779. The molecule has 0 unspecified atom stereocenters. The molecule has 0 spiro atoms. The smallest absolute Gasteiger partial charge is 0.227 e. The van der Waals surface area contributed by atoms with Gasteiger partial charge in [0.15, 0.2) is 0 Å². The first-order valence-corrected chi connectivity index (χ1v) is 7.96. The molecule has 4 nitrogen and oxygen atoms in total. The fraction of sp³-hybridized carbons (Fsp3) is 0.562. The van der Waals surface area contributed by atoms with Crippen molar-refractivity contribution in [2.24, 2.45) is 5.92 Å². The van der Waals surface area contributed by atoms with Crippen LogP contribution in [-0.4, -0.2) is 32.2 Å². The maximum atomic E-state index is 12.2. The summed E-state index contributed by atoms with van der Waals surface area (Å²) in [6, 6.07) is 5.78. The van der Waals surface area contributed by atoms with E-state index in [0.717, 1.165) is 44.8 Å². The van der Waals surface area contributed by atoms with Crippen LogP contribution in [0.4, 0.5) is 11.4 Å². The van der Waals surface area contributed by atoms with Crippen LogP contribution in [0.25, 0.3) is 0 Å². The van der Waals surface area contributed by atoms with Crippen molar-refractivity contribution < 1.29 is 9.53 Å². The number of ether oxygens (including phenoxy) is 1. The summed E-state index contributed by atoms with van der Waals surface area (Å²) in [5.41, 5.74) is 1.76. The number of hydrogen-bond donors (Lipinski definition) is 1. The normalized spacial score (nSPS) is 15.3. The molecule has 116 valence electrons. The lowest BCUT2D eigenvalue weighted by Gasteiger charge is -2.29. The molecule has 0 radical (unpaired) electrons. The first-order valence-electron chi connectivity index (χ1n) is 7.58. The van der Waals surface area contributed by atoms with E-state index in [0.29, 0.717) is 10.7 Å². The Morgan fingerprint density at radius 1 is 1.33 bits per heavy atom. The van der Waals surface area contributed by atoms with Crippen LogP contribution in [0.1, 0.15) is 26.7 Å². The molecule has 1 aromatic rings. The van der Waals surface area contributed by atoms with E-state index in [9.17, 15) is 4.79 Å². The lowest BCUT2D eigenvalue weighted by Crippen LogP contribution is -2.36. The third-order valence-electron chi connectivity index (χ3n) is 3.94. The summed E-state index contributed by atoms with van der Waals surface area (Å²) >= 11 is 6.21. The molecule has 1 aromatic carbocycles. The minimum atomic E-state index is 0.0353. The van der Waals surface area contributed by atoms with E-state index in [1.807, 2.05) is 32.0 Å². The molecule has 0 aliphatic carbocycles. The van der Waals surface area contributed by atoms with Crippen molar-refractivity contribution in [2.75, 3.05) is 36.5 Å². The monoisotopic (exact) mass is 310 g/mol. The Labute approximate surface area is 131 Å². The van der Waals surface area contributed by atoms with Crippen LogP contribution < -0.4 is 10.2 Å². The van der Waals surface area contributed by atoms with Crippen LogP contribution >= 0.6 is 11.6 Å². The molecule has 1 fully saturated rings. The van der Waals surface area contributed by atoms with E-state index in [1.165, 1.54) is 0 Å². The van der Waals surface area contributed by atoms with Gasteiger partial charge in [0, 0.05) is 24.7 Å². The molecule has 1 aliphatic heterocycles. The number of amides is 1. The van der Waals surface area contributed by atoms with E-state index in [4.69, 9.17) is 16.3 Å². The zero-order valence-corrected chi connectivity index (χ0v) is 13.4. The van der Waals surface area contributed by atoms with E-state index >= 15 is 0 Å². The number of carbonyl (C=O) groups is 1. The van der Waals surface area contributed by atoms with Gasteiger partial charge in [0.05, 0.1) is 23.9 Å². The van der Waals surface area contributed by atoms with Gasteiger partial charge in [-0.1, -0.05) is 25.4 Å². The number of benzene rings is 1. The summed E-state index contributed by atoms with van der Waals surface area (Å²) in [6.07, 6.45) is 1.67. The number of halogens is 1. The number of carbonyl (C=O) groups excluding carboxylic acids is 1. The highest BCUT2D eigenvalue weighted by molar-refractivity contribution is 6.33. The van der Waals surface area contributed by atoms with Crippen molar-refractivity contribution in [1.82, 2.24) is 0 Å². The van der Waals surface area contributed by atoms with Gasteiger partial charge in [0.1, 0.15) is 0 Å². The van der Waals surface area contributed by atoms with Crippen LogP contribution in [0.3, 0.4) is 0 Å². The molecule has 1 amide bonds. The summed E-state index contributed by atoms with van der Waals surface area (Å²) in [6.45, 7) is 7.25. The minimum Gasteiger partial charge on any atom is -0.378 e. The SMILES string of the molecule is CCC(CC)C(=O)Nc1cc(N2CCOCC2)ccc1Cl. The number of morpholine rings is 1. The van der Waals surface area contributed by atoms with Crippen LogP contribution in [0.15, 0.2) is 18.2 Å². The largest absolute Gasteiger partial charge is 0.378 e. The predicted molar refractivity (Wildman–Crippen MR) is 87.2 cm³/mol. The summed E-state index contributed by atoms with van der Waals surface area (Å²) < 4.78 is 5.36. The molecule has 2 rings (SSSR count). The molecule has 5 heteroatoms. The van der Waals surface area contributed by atoms with Crippen LogP contribution in [0, 0.1) is 5.92 Å². The van der Waals surface area contributed by atoms with Gasteiger partial charge in [-0.3, -0.25) is 4.79 Å². The van der Waals surface area contributed by atoms with Crippen LogP contribution in [0.5, 0.6) is 0 Å². The highest BCUT2D eigenvalue weighted by Crippen LogP contribution is 2.29. The summed E-state index contributed by atoms with van der Waals surface area (Å²) in [4.78, 5) is 14.5. The van der Waals surface area contributed by atoms with Gasteiger partial charge in [0.2, 0.25) is 5.91 Å². The average Bonchev–Trinajstić information content (AvgIpc) is 2.51. The number of hydrogen-bond acceptors (Lipinski definition) is 3. The molecule has 21 heavy (non-hydrogen) atoms. The molecular weight excluding hydrogens is 288 g/mol. The standard InChI is InChI=1S/C16H23ClN2O2/c1-3-12(4-2)16(20)18-15-11-13(5-6-14(15)17)19-7-9-21-10-8-19/h5-6,11-12H,3-4,7-10H2,1-2H3,(H,18,20). The van der Waals surface area contributed by atoms with Gasteiger partial charge < -0.3 is 15.0 Å². The van der Waals surface area contributed by atoms with Gasteiger partial charge in [-0.25, -0.2) is 0 Å². The molecule has 1 aliphatic rings. The highest BCUT2D eigenvalue weighted by Gasteiger charge is 2.17. The van der Waals surface area contributed by atoms with Crippen molar-refractivity contribution in [3.8, 4) is 0 Å². The second-order valence-corrected chi connectivity index (χ2v) is 5.67. The van der Waals surface area contributed by atoms with Crippen molar-refractivity contribution in [3.63, 3.8) is 0 Å². The fourth-order valence-corrected chi connectivity index (χ4v) is 2.69. The minimum absolute atomic E-state index is 0.0353. The second-order valence-electron chi connectivity index (χ2n) is 5.27. The van der Waals surface area contributed by atoms with Gasteiger partial charge in [-0.2, -0.15) is 0 Å². The molecule has 0 saturated carbocycles. The Bertz CT molecular complexity index is 483. The average molecular weight is 311 g/mol. The van der Waals surface area contributed by atoms with Gasteiger partial charge in [-0.15, -0.1) is 0 Å². The van der Waals surface area contributed by atoms with Crippen LogP contribution in [0.2, 0.25) is 5.02 Å². The molecule has 1 heterocycles. The topological polar surface area (TPSA) is 41.6 Å². The van der Waals surface area contributed by atoms with Gasteiger partial charge in [-0.05, 0) is 31.0 Å². The quantitative estimate of drug-likeness (QED) is 0.904. The van der Waals surface area contributed by atoms with E-state index in [2.05, 4.69) is 10.2 Å². The van der Waals surface area contributed by atoms with Gasteiger partial charge in [0.25, 0.3) is 0 Å². The molecule has 0 bridgehead atoms. The third-order valence-corrected chi connectivity index (χ3v) is 4.27. The zero-order chi connectivity index (χ0) is 15.2. The first-order chi connectivity index (χ1) is 10.2. The van der Waals surface area contributed by atoms with Crippen molar-refractivity contribution in [3.05, 3.63) is 23.2 Å². The lowest BCUT2D eigenvalue weighted by atomic mass is 10.0. The maximum absolute atomic E-state index is 12.2. The molecule has 0 aromatic heterocycles. The molecule has 1 N–H and O–H groups in total. The first kappa shape index (κ1) is 16.1. The Balaban J connectivity index is 2.13. The number of anilines is 2. The van der Waals surface area contributed by atoms with Crippen LogP contribution in [-0.2, 0) is 9.53 Å². The maximum Gasteiger partial charge on any atom is 0.227 e. The lowest BCUT2D eigenvalue weighted by molar-refractivity contribution is -0.120. The number of nitrogens with zero attached hydrogens (tertiary/aromatic N) is 1. The zero-order valence-electron chi connectivity index (χ0n) is 12.7. The Morgan fingerprint density at radius 3 is 2.62 bits per heavy atom. The van der Waals surface area contributed by atoms with E-state index in [1.54, 1.807) is 0 Å². The van der Waals surface area contributed by atoms with E-state index < -0.39 is 0 Å². The van der Waals surface area contributed by atoms with Gasteiger partial charge >= 0.3 is 0 Å². The third kappa shape index (κ3) is 4.11. The summed E-state index contributed by atoms with van der Waals surface area (Å²) in [5, 5.41) is 3.54. The second kappa shape index (κ2) is 7.66. The molecule has 1 saturated heterocycles. The Morgan fingerprint density at radius 2 is 2.00 bits per heavy atom. The molecular formula is C16H23ClN2O2. The highest BCUT2D eigenvalue weighted by atomic mass is 35.5.